The molecule has 0 aliphatic rings. The SMILES string of the molecule is CCOCCCCNCc1cncs1. The summed E-state index contributed by atoms with van der Waals surface area (Å²) in [6.45, 7) is 5.75. The Labute approximate surface area is 89.5 Å². The molecular formula is C10H18N2OS. The smallest absolute Gasteiger partial charge is 0.0794 e. The zero-order chi connectivity index (χ0) is 10.1. The van der Waals surface area contributed by atoms with Gasteiger partial charge in [-0.1, -0.05) is 0 Å². The first-order valence-electron chi connectivity index (χ1n) is 5.09. The molecule has 1 aromatic heterocycles. The van der Waals surface area contributed by atoms with Crippen molar-refractivity contribution < 1.29 is 4.74 Å². The fourth-order valence-corrected chi connectivity index (χ4v) is 1.70. The van der Waals surface area contributed by atoms with Gasteiger partial charge in [0.2, 0.25) is 0 Å². The monoisotopic (exact) mass is 214 g/mol. The molecule has 80 valence electrons. The first-order chi connectivity index (χ1) is 6.93. The number of unbranched alkanes of at least 4 members (excludes halogenated alkanes) is 1. The van der Waals surface area contributed by atoms with E-state index in [4.69, 9.17) is 4.74 Å². The highest BCUT2D eigenvalue weighted by Crippen LogP contribution is 2.03. The third-order valence-corrected chi connectivity index (χ3v) is 2.66. The average Bonchev–Trinajstić information content (AvgIpc) is 2.69. The summed E-state index contributed by atoms with van der Waals surface area (Å²) in [5.41, 5.74) is 1.87. The zero-order valence-electron chi connectivity index (χ0n) is 8.66. The first-order valence-corrected chi connectivity index (χ1v) is 5.97. The Morgan fingerprint density at radius 3 is 3.14 bits per heavy atom. The summed E-state index contributed by atoms with van der Waals surface area (Å²) in [7, 11) is 0. The van der Waals surface area contributed by atoms with E-state index in [-0.39, 0.29) is 0 Å². The van der Waals surface area contributed by atoms with Crippen molar-refractivity contribution in [3.8, 4) is 0 Å². The average molecular weight is 214 g/mol. The molecule has 1 heterocycles. The lowest BCUT2D eigenvalue weighted by Gasteiger charge is -2.02. The molecule has 0 unspecified atom stereocenters. The second-order valence-electron chi connectivity index (χ2n) is 3.05. The minimum Gasteiger partial charge on any atom is -0.382 e. The van der Waals surface area contributed by atoms with E-state index in [1.807, 2.05) is 18.6 Å². The van der Waals surface area contributed by atoms with Gasteiger partial charge >= 0.3 is 0 Å². The number of rotatable bonds is 8. The number of thiazole rings is 1. The van der Waals surface area contributed by atoms with Gasteiger partial charge < -0.3 is 10.1 Å². The Morgan fingerprint density at radius 1 is 1.50 bits per heavy atom. The van der Waals surface area contributed by atoms with Gasteiger partial charge in [0.15, 0.2) is 0 Å². The van der Waals surface area contributed by atoms with Crippen molar-refractivity contribution in [3.05, 3.63) is 16.6 Å². The third kappa shape index (κ3) is 5.32. The van der Waals surface area contributed by atoms with Crippen LogP contribution in [0.25, 0.3) is 0 Å². The van der Waals surface area contributed by atoms with Gasteiger partial charge in [0, 0.05) is 30.8 Å². The molecule has 0 fully saturated rings. The Kier molecular flexibility index (Phi) is 6.57. The molecule has 0 spiro atoms. The van der Waals surface area contributed by atoms with Gasteiger partial charge in [-0.15, -0.1) is 11.3 Å². The quantitative estimate of drug-likeness (QED) is 0.673. The summed E-state index contributed by atoms with van der Waals surface area (Å²) < 4.78 is 5.25. The van der Waals surface area contributed by atoms with Gasteiger partial charge in [-0.05, 0) is 26.3 Å². The molecule has 0 aliphatic carbocycles. The number of nitrogens with one attached hydrogen (secondary N) is 1. The van der Waals surface area contributed by atoms with Crippen molar-refractivity contribution in [2.75, 3.05) is 19.8 Å². The standard InChI is InChI=1S/C10H18N2OS/c1-2-13-6-4-3-5-11-7-10-8-12-9-14-10/h8-9,11H,2-7H2,1H3. The highest BCUT2D eigenvalue weighted by atomic mass is 32.1. The number of ether oxygens (including phenoxy) is 1. The lowest BCUT2D eigenvalue weighted by atomic mass is 10.3. The van der Waals surface area contributed by atoms with Gasteiger partial charge in [-0.25, -0.2) is 0 Å². The van der Waals surface area contributed by atoms with Crippen molar-refractivity contribution in [3.63, 3.8) is 0 Å². The van der Waals surface area contributed by atoms with Crippen molar-refractivity contribution >= 4 is 11.3 Å². The summed E-state index contributed by atoms with van der Waals surface area (Å²) in [6, 6.07) is 0. The zero-order valence-corrected chi connectivity index (χ0v) is 9.48. The molecule has 0 bridgehead atoms. The summed E-state index contributed by atoms with van der Waals surface area (Å²) in [5, 5.41) is 3.38. The van der Waals surface area contributed by atoms with Gasteiger partial charge in [0.25, 0.3) is 0 Å². The normalized spacial score (nSPS) is 10.6. The van der Waals surface area contributed by atoms with Gasteiger partial charge in [-0.3, -0.25) is 4.98 Å². The third-order valence-electron chi connectivity index (χ3n) is 1.88. The highest BCUT2D eigenvalue weighted by Gasteiger charge is 1.93. The van der Waals surface area contributed by atoms with E-state index in [2.05, 4.69) is 10.3 Å². The molecule has 1 aromatic rings. The van der Waals surface area contributed by atoms with Gasteiger partial charge in [-0.2, -0.15) is 0 Å². The second-order valence-corrected chi connectivity index (χ2v) is 4.02. The van der Waals surface area contributed by atoms with E-state index < -0.39 is 0 Å². The number of aromatic nitrogens is 1. The van der Waals surface area contributed by atoms with Crippen LogP contribution in [-0.2, 0) is 11.3 Å². The van der Waals surface area contributed by atoms with Crippen molar-refractivity contribution in [2.24, 2.45) is 0 Å². The maximum Gasteiger partial charge on any atom is 0.0794 e. The van der Waals surface area contributed by atoms with Crippen LogP contribution in [0.15, 0.2) is 11.7 Å². The maximum atomic E-state index is 5.25. The molecule has 4 heteroatoms. The van der Waals surface area contributed by atoms with Crippen LogP contribution in [-0.4, -0.2) is 24.7 Å². The van der Waals surface area contributed by atoms with Crippen LogP contribution < -0.4 is 5.32 Å². The summed E-state index contributed by atoms with van der Waals surface area (Å²) in [5.74, 6) is 0. The van der Waals surface area contributed by atoms with E-state index in [1.165, 1.54) is 11.3 Å². The minimum absolute atomic E-state index is 0.828. The van der Waals surface area contributed by atoms with Crippen molar-refractivity contribution in [1.82, 2.24) is 10.3 Å². The lowest BCUT2D eigenvalue weighted by molar-refractivity contribution is 0.143. The van der Waals surface area contributed by atoms with E-state index in [9.17, 15) is 0 Å². The van der Waals surface area contributed by atoms with Crippen LogP contribution in [0, 0.1) is 0 Å². The van der Waals surface area contributed by atoms with Crippen LogP contribution in [0.5, 0.6) is 0 Å². The number of hydrogen-bond donors (Lipinski definition) is 1. The molecule has 0 saturated heterocycles. The molecule has 0 aliphatic heterocycles. The topological polar surface area (TPSA) is 34.1 Å². The Morgan fingerprint density at radius 2 is 2.43 bits per heavy atom. The highest BCUT2D eigenvalue weighted by molar-refractivity contribution is 7.09. The van der Waals surface area contributed by atoms with E-state index in [0.717, 1.165) is 32.7 Å². The molecule has 3 nitrogen and oxygen atoms in total. The summed E-state index contributed by atoms with van der Waals surface area (Å²) in [4.78, 5) is 5.32. The molecule has 0 atom stereocenters. The van der Waals surface area contributed by atoms with E-state index in [1.54, 1.807) is 11.3 Å². The van der Waals surface area contributed by atoms with Crippen LogP contribution in [0.2, 0.25) is 0 Å². The summed E-state index contributed by atoms with van der Waals surface area (Å²) >= 11 is 1.70. The second kappa shape index (κ2) is 7.91. The van der Waals surface area contributed by atoms with Crippen molar-refractivity contribution in [2.45, 2.75) is 26.3 Å². The fourth-order valence-electron chi connectivity index (χ4n) is 1.14. The van der Waals surface area contributed by atoms with Crippen LogP contribution in [0.1, 0.15) is 24.6 Å². The van der Waals surface area contributed by atoms with Gasteiger partial charge in [0.05, 0.1) is 5.51 Å². The van der Waals surface area contributed by atoms with Crippen molar-refractivity contribution in [1.29, 1.82) is 0 Å². The Balaban J connectivity index is 1.85. The molecule has 0 radical (unpaired) electrons. The van der Waals surface area contributed by atoms with Crippen LogP contribution >= 0.6 is 11.3 Å². The molecule has 0 amide bonds. The van der Waals surface area contributed by atoms with E-state index >= 15 is 0 Å². The van der Waals surface area contributed by atoms with Crippen LogP contribution in [0.4, 0.5) is 0 Å². The Hall–Kier alpha value is -0.450. The lowest BCUT2D eigenvalue weighted by Crippen LogP contribution is -2.14. The molecule has 14 heavy (non-hydrogen) atoms. The molecule has 1 N–H and O–H groups in total. The first kappa shape index (κ1) is 11.6. The van der Waals surface area contributed by atoms with E-state index in [0.29, 0.717) is 0 Å². The largest absolute Gasteiger partial charge is 0.382 e. The molecule has 0 aromatic carbocycles. The fraction of sp³-hybridized carbons (Fsp3) is 0.700. The maximum absolute atomic E-state index is 5.25. The Bertz CT molecular complexity index is 214. The molecule has 1 rings (SSSR count). The van der Waals surface area contributed by atoms with Crippen LogP contribution in [0.3, 0.4) is 0 Å². The minimum atomic E-state index is 0.828. The molecule has 0 saturated carbocycles. The number of nitrogens with zero attached hydrogens (tertiary/aromatic N) is 1. The number of hydrogen-bond acceptors (Lipinski definition) is 4. The van der Waals surface area contributed by atoms with Gasteiger partial charge in [0.1, 0.15) is 0 Å². The molecular weight excluding hydrogens is 196 g/mol. The predicted octanol–water partition coefficient (Wildman–Crippen LogP) is 2.05. The predicted molar refractivity (Wildman–Crippen MR) is 59.5 cm³/mol. The summed E-state index contributed by atoms with van der Waals surface area (Å²) in [6.07, 6.45) is 4.24.